The molecule has 0 radical (unpaired) electrons. The largest absolute Gasteiger partial charge is 0.508 e. The first-order chi connectivity index (χ1) is 9.60. The van der Waals surface area contributed by atoms with Crippen molar-refractivity contribution in [3.63, 3.8) is 0 Å². The van der Waals surface area contributed by atoms with Crippen molar-refractivity contribution in [3.05, 3.63) is 59.7 Å². The lowest BCUT2D eigenvalue weighted by molar-refractivity contribution is 0.100. The van der Waals surface area contributed by atoms with Crippen LogP contribution in [0.3, 0.4) is 0 Å². The fraction of sp³-hybridized carbons (Fsp3) is 0.125. The molecular weight excluding hydrogens is 252 g/mol. The maximum absolute atomic E-state index is 12.1. The molecular formula is C16H14N2O2. The van der Waals surface area contributed by atoms with Gasteiger partial charge in [0.1, 0.15) is 5.75 Å². The first-order valence-corrected chi connectivity index (χ1v) is 6.13. The zero-order chi connectivity index (χ0) is 14.5. The number of carbonyl (C=O) groups is 1. The Morgan fingerprint density at radius 2 is 1.95 bits per heavy atom. The Labute approximate surface area is 117 Å². The smallest absolute Gasteiger partial charge is 0.182 e. The molecule has 0 spiro atoms. The number of Topliss-reactive ketones (excluding diaryl/α,β-unsaturated/α-hetero) is 1. The fourth-order valence-corrected chi connectivity index (χ4v) is 1.86. The Kier molecular flexibility index (Phi) is 4.02. The molecule has 0 saturated heterocycles. The topological polar surface area (TPSA) is 64.3 Å². The summed E-state index contributed by atoms with van der Waals surface area (Å²) in [5.74, 6) is 0.0893. The summed E-state index contributed by atoms with van der Waals surface area (Å²) < 4.78 is 0. The zero-order valence-corrected chi connectivity index (χ0v) is 11.1. The predicted molar refractivity (Wildman–Crippen MR) is 76.9 cm³/mol. The number of phenolic OH excluding ortho intramolecular Hbond substituents is 1. The molecule has 0 aliphatic carbocycles. The summed E-state index contributed by atoms with van der Waals surface area (Å²) >= 11 is 0. The number of ketones is 1. The van der Waals surface area contributed by atoms with E-state index in [4.69, 9.17) is 5.26 Å². The maximum atomic E-state index is 12.1. The lowest BCUT2D eigenvalue weighted by Crippen LogP contribution is -2.25. The highest BCUT2D eigenvalue weighted by Crippen LogP contribution is 2.16. The third kappa shape index (κ3) is 3.15. The lowest BCUT2D eigenvalue weighted by Gasteiger charge is -2.18. The van der Waals surface area contributed by atoms with Gasteiger partial charge in [0.05, 0.1) is 18.2 Å². The average molecular weight is 266 g/mol. The molecule has 0 aromatic heterocycles. The molecule has 1 N–H and O–H groups in total. The predicted octanol–water partition coefficient (Wildman–Crippen LogP) is 2.58. The van der Waals surface area contributed by atoms with Crippen LogP contribution in [0.1, 0.15) is 15.9 Å². The highest BCUT2D eigenvalue weighted by molar-refractivity contribution is 5.99. The Bertz CT molecular complexity index is 657. The lowest BCUT2D eigenvalue weighted by atomic mass is 10.1. The van der Waals surface area contributed by atoms with E-state index >= 15 is 0 Å². The van der Waals surface area contributed by atoms with E-state index in [0.717, 1.165) is 5.69 Å². The number of anilines is 1. The van der Waals surface area contributed by atoms with E-state index in [0.29, 0.717) is 11.1 Å². The molecule has 0 saturated carbocycles. The van der Waals surface area contributed by atoms with Gasteiger partial charge in [-0.05, 0) is 42.5 Å². The summed E-state index contributed by atoms with van der Waals surface area (Å²) in [6.07, 6.45) is 0. The van der Waals surface area contributed by atoms with Gasteiger partial charge in [-0.2, -0.15) is 5.26 Å². The third-order valence-corrected chi connectivity index (χ3v) is 2.99. The van der Waals surface area contributed by atoms with E-state index in [1.54, 1.807) is 42.3 Å². The van der Waals surface area contributed by atoms with Crippen LogP contribution < -0.4 is 4.90 Å². The van der Waals surface area contributed by atoms with Gasteiger partial charge in [0, 0.05) is 18.3 Å². The minimum absolute atomic E-state index is 0.0464. The molecule has 0 aliphatic heterocycles. The molecule has 0 heterocycles. The Morgan fingerprint density at radius 1 is 1.25 bits per heavy atom. The van der Waals surface area contributed by atoms with Crippen LogP contribution in [-0.4, -0.2) is 24.5 Å². The van der Waals surface area contributed by atoms with Crippen LogP contribution in [0.4, 0.5) is 5.69 Å². The molecule has 2 aromatic rings. The molecule has 0 amide bonds. The summed E-state index contributed by atoms with van der Waals surface area (Å²) in [5.41, 5.74) is 1.92. The van der Waals surface area contributed by atoms with Crippen molar-refractivity contribution in [2.75, 3.05) is 18.5 Å². The van der Waals surface area contributed by atoms with E-state index in [1.165, 1.54) is 12.1 Å². The van der Waals surface area contributed by atoms with Gasteiger partial charge >= 0.3 is 0 Å². The Balaban J connectivity index is 2.11. The Morgan fingerprint density at radius 3 is 2.60 bits per heavy atom. The van der Waals surface area contributed by atoms with Crippen LogP contribution in [0.25, 0.3) is 0 Å². The van der Waals surface area contributed by atoms with Crippen LogP contribution in [0.5, 0.6) is 5.75 Å². The van der Waals surface area contributed by atoms with Crippen molar-refractivity contribution in [2.45, 2.75) is 0 Å². The van der Waals surface area contributed by atoms with Crippen LogP contribution >= 0.6 is 0 Å². The number of carbonyl (C=O) groups excluding carboxylic acids is 1. The van der Waals surface area contributed by atoms with Gasteiger partial charge in [-0.3, -0.25) is 4.79 Å². The molecule has 4 heteroatoms. The molecule has 0 unspecified atom stereocenters. The van der Waals surface area contributed by atoms with Gasteiger partial charge in [-0.15, -0.1) is 0 Å². The average Bonchev–Trinajstić information content (AvgIpc) is 2.47. The number of rotatable bonds is 4. The van der Waals surface area contributed by atoms with E-state index < -0.39 is 0 Å². The number of aromatic hydroxyl groups is 1. The minimum Gasteiger partial charge on any atom is -0.508 e. The second-order valence-electron chi connectivity index (χ2n) is 4.49. The first kappa shape index (κ1) is 13.6. The highest BCUT2D eigenvalue weighted by Gasteiger charge is 2.10. The summed E-state index contributed by atoms with van der Waals surface area (Å²) in [6.45, 7) is 0.208. The second kappa shape index (κ2) is 5.89. The first-order valence-electron chi connectivity index (χ1n) is 6.13. The molecule has 0 bridgehead atoms. The van der Waals surface area contributed by atoms with Gasteiger partial charge in [-0.1, -0.05) is 6.07 Å². The second-order valence-corrected chi connectivity index (χ2v) is 4.49. The van der Waals surface area contributed by atoms with Crippen molar-refractivity contribution in [1.29, 1.82) is 5.26 Å². The van der Waals surface area contributed by atoms with E-state index in [2.05, 4.69) is 6.07 Å². The maximum Gasteiger partial charge on any atom is 0.182 e. The number of likely N-dealkylation sites (N-methyl/N-ethyl adjacent to an activating group) is 1. The van der Waals surface area contributed by atoms with E-state index in [-0.39, 0.29) is 18.1 Å². The van der Waals surface area contributed by atoms with Crippen LogP contribution in [0.2, 0.25) is 0 Å². The molecule has 2 rings (SSSR count). The normalized spacial score (nSPS) is 9.80. The molecule has 0 fully saturated rings. The van der Waals surface area contributed by atoms with Crippen molar-refractivity contribution >= 4 is 11.5 Å². The molecule has 2 aromatic carbocycles. The fourth-order valence-electron chi connectivity index (χ4n) is 1.86. The summed E-state index contributed by atoms with van der Waals surface area (Å²) in [5, 5.41) is 18.1. The molecule has 4 nitrogen and oxygen atoms in total. The van der Waals surface area contributed by atoms with Gasteiger partial charge in [-0.25, -0.2) is 0 Å². The molecule has 0 atom stereocenters. The Hall–Kier alpha value is -2.80. The van der Waals surface area contributed by atoms with Crippen molar-refractivity contribution in [1.82, 2.24) is 0 Å². The van der Waals surface area contributed by atoms with E-state index in [1.807, 2.05) is 6.07 Å². The van der Waals surface area contributed by atoms with Gasteiger partial charge in [0.25, 0.3) is 0 Å². The number of benzene rings is 2. The number of phenols is 1. The minimum atomic E-state index is -0.0464. The van der Waals surface area contributed by atoms with Crippen molar-refractivity contribution < 1.29 is 9.90 Å². The molecule has 20 heavy (non-hydrogen) atoms. The highest BCUT2D eigenvalue weighted by atomic mass is 16.3. The van der Waals surface area contributed by atoms with E-state index in [9.17, 15) is 9.90 Å². The summed E-state index contributed by atoms with van der Waals surface area (Å²) in [6, 6.07) is 15.3. The van der Waals surface area contributed by atoms with Crippen LogP contribution in [-0.2, 0) is 0 Å². The molecule has 100 valence electrons. The number of hydrogen-bond acceptors (Lipinski definition) is 4. The number of hydrogen-bond donors (Lipinski definition) is 1. The van der Waals surface area contributed by atoms with Crippen molar-refractivity contribution in [2.24, 2.45) is 0 Å². The third-order valence-electron chi connectivity index (χ3n) is 2.99. The van der Waals surface area contributed by atoms with Gasteiger partial charge < -0.3 is 10.0 Å². The van der Waals surface area contributed by atoms with Crippen LogP contribution in [0.15, 0.2) is 48.5 Å². The number of nitrogens with zero attached hydrogens (tertiary/aromatic N) is 2. The quantitative estimate of drug-likeness (QED) is 0.864. The van der Waals surface area contributed by atoms with Crippen LogP contribution in [0, 0.1) is 11.3 Å². The number of nitriles is 1. The monoisotopic (exact) mass is 266 g/mol. The molecule has 0 aliphatic rings. The zero-order valence-electron chi connectivity index (χ0n) is 11.1. The standard InChI is InChI=1S/C16H14N2O2/c1-18(14-4-2-3-12(9-14)10-17)11-16(20)13-5-7-15(19)8-6-13/h2-9,19H,11H2,1H3. The van der Waals surface area contributed by atoms with Gasteiger partial charge in [0.2, 0.25) is 0 Å². The SMILES string of the molecule is CN(CC(=O)c1ccc(O)cc1)c1cccc(C#N)c1. The van der Waals surface area contributed by atoms with Crippen molar-refractivity contribution in [3.8, 4) is 11.8 Å². The summed E-state index contributed by atoms with van der Waals surface area (Å²) in [4.78, 5) is 13.9. The summed E-state index contributed by atoms with van der Waals surface area (Å²) in [7, 11) is 1.80. The van der Waals surface area contributed by atoms with Gasteiger partial charge in [0.15, 0.2) is 5.78 Å².